The molecule has 0 spiro atoms. The molecule has 0 radical (unpaired) electrons. The predicted octanol–water partition coefficient (Wildman–Crippen LogP) is 2.57. The summed E-state index contributed by atoms with van der Waals surface area (Å²) in [5.74, 6) is 1.60. The van der Waals surface area contributed by atoms with Gasteiger partial charge in [-0.05, 0) is 25.8 Å². The molecule has 0 saturated carbocycles. The average Bonchev–Trinajstić information content (AvgIpc) is 2.36. The van der Waals surface area contributed by atoms with Crippen molar-refractivity contribution in [2.75, 3.05) is 19.0 Å². The number of nitrogens with zero attached hydrogens (tertiary/aromatic N) is 2. The van der Waals surface area contributed by atoms with E-state index in [1.54, 1.807) is 6.20 Å². The number of nitrogens with one attached hydrogen (secondary N) is 1. The molecule has 0 aliphatic carbocycles. The van der Waals surface area contributed by atoms with Crippen molar-refractivity contribution >= 4 is 5.82 Å². The fraction of sp³-hybridized carbons (Fsp3) is 0.667. The number of aromatic nitrogens is 2. The van der Waals surface area contributed by atoms with Crippen molar-refractivity contribution in [3.8, 4) is 0 Å². The minimum absolute atomic E-state index is 0.346. The van der Waals surface area contributed by atoms with E-state index >= 15 is 0 Å². The van der Waals surface area contributed by atoms with Crippen molar-refractivity contribution in [2.24, 2.45) is 0 Å². The van der Waals surface area contributed by atoms with E-state index in [1.807, 2.05) is 20.0 Å². The predicted molar refractivity (Wildman–Crippen MR) is 65.5 cm³/mol. The van der Waals surface area contributed by atoms with Gasteiger partial charge in [-0.3, -0.25) is 0 Å². The highest BCUT2D eigenvalue weighted by atomic mass is 16.5. The first-order chi connectivity index (χ1) is 7.72. The first kappa shape index (κ1) is 12.9. The van der Waals surface area contributed by atoms with E-state index in [9.17, 15) is 0 Å². The number of rotatable bonds is 6. The standard InChI is InChI=1S/C12H21N3O/c1-5-12(6-2,16-7-3)11-14-9-8-10(13-4)15-11/h8-9H,5-7H2,1-4H3,(H,13,14,15). The summed E-state index contributed by atoms with van der Waals surface area (Å²) in [7, 11) is 1.85. The van der Waals surface area contributed by atoms with Gasteiger partial charge in [-0.1, -0.05) is 13.8 Å². The molecule has 1 aromatic heterocycles. The zero-order chi connectivity index (χ0) is 12.0. The Balaban J connectivity index is 3.08. The van der Waals surface area contributed by atoms with Crippen LogP contribution in [0.3, 0.4) is 0 Å². The zero-order valence-electron chi connectivity index (χ0n) is 10.6. The molecule has 0 aromatic carbocycles. The molecular weight excluding hydrogens is 202 g/mol. The Morgan fingerprint density at radius 3 is 2.50 bits per heavy atom. The van der Waals surface area contributed by atoms with Gasteiger partial charge < -0.3 is 10.1 Å². The van der Waals surface area contributed by atoms with E-state index < -0.39 is 0 Å². The highest BCUT2D eigenvalue weighted by Gasteiger charge is 2.32. The smallest absolute Gasteiger partial charge is 0.162 e. The molecule has 0 fully saturated rings. The normalized spacial score (nSPS) is 11.5. The van der Waals surface area contributed by atoms with Crippen molar-refractivity contribution in [2.45, 2.75) is 39.2 Å². The van der Waals surface area contributed by atoms with Crippen LogP contribution in [0.25, 0.3) is 0 Å². The Morgan fingerprint density at radius 2 is 2.00 bits per heavy atom. The lowest BCUT2D eigenvalue weighted by atomic mass is 9.96. The molecule has 0 bridgehead atoms. The van der Waals surface area contributed by atoms with Crippen LogP contribution in [0.5, 0.6) is 0 Å². The first-order valence-electron chi connectivity index (χ1n) is 5.87. The lowest BCUT2D eigenvalue weighted by molar-refractivity contribution is -0.0570. The molecule has 0 unspecified atom stereocenters. The molecule has 0 saturated heterocycles. The number of hydrogen-bond acceptors (Lipinski definition) is 4. The average molecular weight is 223 g/mol. The minimum atomic E-state index is -0.346. The van der Waals surface area contributed by atoms with Crippen LogP contribution in [0.15, 0.2) is 12.3 Å². The van der Waals surface area contributed by atoms with Crippen LogP contribution in [-0.2, 0) is 10.3 Å². The van der Waals surface area contributed by atoms with Crippen molar-refractivity contribution in [3.63, 3.8) is 0 Å². The zero-order valence-corrected chi connectivity index (χ0v) is 10.6. The molecule has 0 aliphatic rings. The Morgan fingerprint density at radius 1 is 1.31 bits per heavy atom. The molecule has 1 N–H and O–H groups in total. The molecule has 0 atom stereocenters. The van der Waals surface area contributed by atoms with Gasteiger partial charge in [0.05, 0.1) is 0 Å². The van der Waals surface area contributed by atoms with E-state index in [0.29, 0.717) is 6.61 Å². The lowest BCUT2D eigenvalue weighted by Crippen LogP contribution is -2.31. The minimum Gasteiger partial charge on any atom is -0.373 e. The molecule has 1 aromatic rings. The summed E-state index contributed by atoms with van der Waals surface area (Å²) in [6.45, 7) is 6.89. The molecule has 0 amide bonds. The Kier molecular flexibility index (Phi) is 4.68. The maximum absolute atomic E-state index is 5.86. The quantitative estimate of drug-likeness (QED) is 0.805. The largest absolute Gasteiger partial charge is 0.373 e. The van der Waals surface area contributed by atoms with E-state index in [2.05, 4.69) is 29.1 Å². The van der Waals surface area contributed by atoms with Gasteiger partial charge in [0.1, 0.15) is 11.4 Å². The van der Waals surface area contributed by atoms with Gasteiger partial charge in [0.25, 0.3) is 0 Å². The molecule has 4 nitrogen and oxygen atoms in total. The van der Waals surface area contributed by atoms with E-state index in [-0.39, 0.29) is 5.60 Å². The summed E-state index contributed by atoms with van der Waals surface area (Å²) in [5.41, 5.74) is -0.346. The summed E-state index contributed by atoms with van der Waals surface area (Å²) in [6, 6.07) is 1.85. The van der Waals surface area contributed by atoms with Crippen molar-refractivity contribution in [1.29, 1.82) is 0 Å². The van der Waals surface area contributed by atoms with Crippen LogP contribution in [-0.4, -0.2) is 23.6 Å². The fourth-order valence-electron chi connectivity index (χ4n) is 1.83. The highest BCUT2D eigenvalue weighted by molar-refractivity contribution is 5.32. The Labute approximate surface area is 97.5 Å². The van der Waals surface area contributed by atoms with Crippen molar-refractivity contribution in [3.05, 3.63) is 18.1 Å². The van der Waals surface area contributed by atoms with E-state index in [4.69, 9.17) is 4.74 Å². The van der Waals surface area contributed by atoms with Crippen molar-refractivity contribution in [1.82, 2.24) is 9.97 Å². The van der Waals surface area contributed by atoms with Crippen LogP contribution < -0.4 is 5.32 Å². The van der Waals surface area contributed by atoms with Crippen LogP contribution in [0, 0.1) is 0 Å². The summed E-state index contributed by atoms with van der Waals surface area (Å²) < 4.78 is 5.86. The number of hydrogen-bond donors (Lipinski definition) is 1. The van der Waals surface area contributed by atoms with Crippen LogP contribution >= 0.6 is 0 Å². The summed E-state index contributed by atoms with van der Waals surface area (Å²) in [5, 5.41) is 3.02. The van der Waals surface area contributed by atoms with Gasteiger partial charge >= 0.3 is 0 Å². The van der Waals surface area contributed by atoms with Gasteiger partial charge in [-0.2, -0.15) is 0 Å². The fourth-order valence-corrected chi connectivity index (χ4v) is 1.83. The molecule has 1 heterocycles. The third kappa shape index (κ3) is 2.50. The first-order valence-corrected chi connectivity index (χ1v) is 5.87. The van der Waals surface area contributed by atoms with Crippen LogP contribution in [0.4, 0.5) is 5.82 Å². The third-order valence-corrected chi connectivity index (χ3v) is 2.88. The molecular formula is C12H21N3O. The molecule has 16 heavy (non-hydrogen) atoms. The molecule has 4 heteroatoms. The molecule has 1 rings (SSSR count). The summed E-state index contributed by atoms with van der Waals surface area (Å²) in [4.78, 5) is 8.82. The number of ether oxygens (including phenoxy) is 1. The molecule has 90 valence electrons. The van der Waals surface area contributed by atoms with Gasteiger partial charge in [-0.15, -0.1) is 0 Å². The molecule has 0 aliphatic heterocycles. The second kappa shape index (κ2) is 5.80. The number of anilines is 1. The second-order valence-electron chi connectivity index (χ2n) is 3.65. The SMILES string of the molecule is CCOC(CC)(CC)c1nccc(NC)n1. The Bertz CT molecular complexity index is 324. The van der Waals surface area contributed by atoms with E-state index in [1.165, 1.54) is 0 Å². The summed E-state index contributed by atoms with van der Waals surface area (Å²) >= 11 is 0. The van der Waals surface area contributed by atoms with Gasteiger partial charge in [0, 0.05) is 19.9 Å². The van der Waals surface area contributed by atoms with E-state index in [0.717, 1.165) is 24.5 Å². The van der Waals surface area contributed by atoms with Crippen LogP contribution in [0.1, 0.15) is 39.4 Å². The Hall–Kier alpha value is -1.16. The third-order valence-electron chi connectivity index (χ3n) is 2.88. The lowest BCUT2D eigenvalue weighted by Gasteiger charge is -2.29. The maximum Gasteiger partial charge on any atom is 0.162 e. The maximum atomic E-state index is 5.86. The highest BCUT2D eigenvalue weighted by Crippen LogP contribution is 2.30. The second-order valence-corrected chi connectivity index (χ2v) is 3.65. The van der Waals surface area contributed by atoms with Gasteiger partial charge in [-0.25, -0.2) is 9.97 Å². The van der Waals surface area contributed by atoms with Gasteiger partial charge in [0.15, 0.2) is 5.82 Å². The van der Waals surface area contributed by atoms with Gasteiger partial charge in [0.2, 0.25) is 0 Å². The topological polar surface area (TPSA) is 47.0 Å². The monoisotopic (exact) mass is 223 g/mol. The van der Waals surface area contributed by atoms with Crippen LogP contribution in [0.2, 0.25) is 0 Å². The van der Waals surface area contributed by atoms with Crippen molar-refractivity contribution < 1.29 is 4.74 Å². The summed E-state index contributed by atoms with van der Waals surface area (Å²) in [6.07, 6.45) is 3.53.